The SMILES string of the molecule is CCOc1cc(N2CCOCC2)c(OCC)cc1NC(=O)COC(=O)c1cc(Cl)cc(Cl)c1. The van der Waals surface area contributed by atoms with E-state index in [2.05, 4.69) is 10.2 Å². The Morgan fingerprint density at radius 2 is 1.61 bits per heavy atom. The van der Waals surface area contributed by atoms with Crippen LogP contribution in [0.4, 0.5) is 11.4 Å². The number of ether oxygens (including phenoxy) is 4. The summed E-state index contributed by atoms with van der Waals surface area (Å²) in [4.78, 5) is 26.9. The quantitative estimate of drug-likeness (QED) is 0.514. The van der Waals surface area contributed by atoms with Crippen LogP contribution < -0.4 is 19.7 Å². The molecule has 1 aliphatic heterocycles. The third kappa shape index (κ3) is 6.90. The summed E-state index contributed by atoms with van der Waals surface area (Å²) < 4.78 is 22.1. The number of carbonyl (C=O) groups excluding carboxylic acids is 2. The maximum Gasteiger partial charge on any atom is 0.338 e. The van der Waals surface area contributed by atoms with Crippen LogP contribution in [-0.4, -0.2) is 58.0 Å². The van der Waals surface area contributed by atoms with Crippen LogP contribution in [0.3, 0.4) is 0 Å². The van der Waals surface area contributed by atoms with Crippen molar-refractivity contribution in [2.24, 2.45) is 0 Å². The number of rotatable bonds is 9. The van der Waals surface area contributed by atoms with Gasteiger partial charge in [-0.25, -0.2) is 4.79 Å². The highest BCUT2D eigenvalue weighted by atomic mass is 35.5. The zero-order chi connectivity index (χ0) is 23.8. The highest BCUT2D eigenvalue weighted by Gasteiger charge is 2.21. The number of morpholine rings is 1. The summed E-state index contributed by atoms with van der Waals surface area (Å²) in [6, 6.07) is 7.89. The number of benzene rings is 2. The molecule has 0 radical (unpaired) electrons. The minimum atomic E-state index is -0.711. The zero-order valence-electron chi connectivity index (χ0n) is 18.5. The van der Waals surface area contributed by atoms with Gasteiger partial charge in [0.25, 0.3) is 5.91 Å². The molecule has 1 amide bonds. The molecule has 0 aromatic heterocycles. The van der Waals surface area contributed by atoms with E-state index in [-0.39, 0.29) is 5.56 Å². The Balaban J connectivity index is 1.74. The molecule has 33 heavy (non-hydrogen) atoms. The van der Waals surface area contributed by atoms with Gasteiger partial charge < -0.3 is 29.2 Å². The predicted molar refractivity (Wildman–Crippen MR) is 127 cm³/mol. The number of amides is 1. The van der Waals surface area contributed by atoms with Gasteiger partial charge >= 0.3 is 5.97 Å². The van der Waals surface area contributed by atoms with Gasteiger partial charge in [0.1, 0.15) is 11.5 Å². The lowest BCUT2D eigenvalue weighted by Crippen LogP contribution is -2.36. The molecular weight excluding hydrogens is 471 g/mol. The van der Waals surface area contributed by atoms with E-state index >= 15 is 0 Å². The van der Waals surface area contributed by atoms with Crippen LogP contribution in [-0.2, 0) is 14.3 Å². The zero-order valence-corrected chi connectivity index (χ0v) is 20.0. The summed E-state index contributed by atoms with van der Waals surface area (Å²) in [6.45, 7) is 6.80. The molecule has 3 rings (SSSR count). The minimum absolute atomic E-state index is 0.156. The molecule has 0 unspecified atom stereocenters. The minimum Gasteiger partial charge on any atom is -0.492 e. The summed E-state index contributed by atoms with van der Waals surface area (Å²) in [5, 5.41) is 3.33. The summed E-state index contributed by atoms with van der Waals surface area (Å²) >= 11 is 11.8. The van der Waals surface area contributed by atoms with Gasteiger partial charge in [0, 0.05) is 35.3 Å². The summed E-state index contributed by atoms with van der Waals surface area (Å²) in [6.07, 6.45) is 0. The van der Waals surface area contributed by atoms with Crippen molar-refractivity contribution in [2.75, 3.05) is 56.3 Å². The second-order valence-corrected chi connectivity index (χ2v) is 7.94. The van der Waals surface area contributed by atoms with Crippen LogP contribution in [0, 0.1) is 0 Å². The first kappa shape index (κ1) is 25.0. The molecule has 1 heterocycles. The predicted octanol–water partition coefficient (Wildman–Crippen LogP) is 4.42. The summed E-state index contributed by atoms with van der Waals surface area (Å²) in [7, 11) is 0. The maximum atomic E-state index is 12.5. The molecule has 1 fully saturated rings. The van der Waals surface area contributed by atoms with Crippen molar-refractivity contribution in [3.8, 4) is 11.5 Å². The molecule has 0 spiro atoms. The topological polar surface area (TPSA) is 86.3 Å². The van der Waals surface area contributed by atoms with Gasteiger partial charge in [0.15, 0.2) is 6.61 Å². The Labute approximate surface area is 202 Å². The fourth-order valence-electron chi connectivity index (χ4n) is 3.32. The van der Waals surface area contributed by atoms with Crippen molar-refractivity contribution in [2.45, 2.75) is 13.8 Å². The first-order valence-electron chi connectivity index (χ1n) is 10.6. The molecule has 10 heteroatoms. The molecule has 0 saturated carbocycles. The number of hydrogen-bond donors (Lipinski definition) is 1. The fourth-order valence-corrected chi connectivity index (χ4v) is 3.84. The Hall–Kier alpha value is -2.68. The van der Waals surface area contributed by atoms with Gasteiger partial charge in [-0.15, -0.1) is 0 Å². The van der Waals surface area contributed by atoms with Crippen LogP contribution in [0.25, 0.3) is 0 Å². The molecule has 0 bridgehead atoms. The van der Waals surface area contributed by atoms with E-state index in [1.165, 1.54) is 18.2 Å². The number of hydrogen-bond acceptors (Lipinski definition) is 7. The standard InChI is InChI=1S/C23H26Cl2N2O6/c1-3-31-20-13-19(27-5-7-30-8-6-27)21(32-4-2)12-18(20)26-22(28)14-33-23(29)15-9-16(24)11-17(25)10-15/h9-13H,3-8,14H2,1-2H3,(H,26,28). The highest BCUT2D eigenvalue weighted by Crippen LogP contribution is 2.39. The Morgan fingerprint density at radius 3 is 2.24 bits per heavy atom. The van der Waals surface area contributed by atoms with Gasteiger partial charge in [-0.2, -0.15) is 0 Å². The van der Waals surface area contributed by atoms with Gasteiger partial charge in [0.2, 0.25) is 0 Å². The molecule has 2 aromatic carbocycles. The number of nitrogens with zero attached hydrogens (tertiary/aromatic N) is 1. The Bertz CT molecular complexity index is 975. The van der Waals surface area contributed by atoms with Crippen LogP contribution in [0.1, 0.15) is 24.2 Å². The number of esters is 1. The van der Waals surface area contributed by atoms with E-state index in [1.807, 2.05) is 19.9 Å². The molecule has 2 aromatic rings. The van der Waals surface area contributed by atoms with Gasteiger partial charge in [-0.1, -0.05) is 23.2 Å². The van der Waals surface area contributed by atoms with Crippen molar-refractivity contribution < 1.29 is 28.5 Å². The second kappa shape index (κ2) is 12.0. The molecule has 1 N–H and O–H groups in total. The molecule has 1 aliphatic rings. The van der Waals surface area contributed by atoms with E-state index in [0.717, 1.165) is 18.8 Å². The Kier molecular flexibility index (Phi) is 9.05. The lowest BCUT2D eigenvalue weighted by molar-refractivity contribution is -0.119. The molecular formula is C23H26Cl2N2O6. The Morgan fingerprint density at radius 1 is 0.970 bits per heavy atom. The average molecular weight is 497 g/mol. The lowest BCUT2D eigenvalue weighted by atomic mass is 10.2. The lowest BCUT2D eigenvalue weighted by Gasteiger charge is -2.31. The van der Waals surface area contributed by atoms with E-state index in [4.69, 9.17) is 42.1 Å². The van der Waals surface area contributed by atoms with E-state index in [0.29, 0.717) is 53.7 Å². The number of anilines is 2. The van der Waals surface area contributed by atoms with Crippen molar-refractivity contribution >= 4 is 46.5 Å². The van der Waals surface area contributed by atoms with Gasteiger partial charge in [0.05, 0.1) is 43.4 Å². The third-order valence-electron chi connectivity index (χ3n) is 4.72. The van der Waals surface area contributed by atoms with Gasteiger partial charge in [-0.3, -0.25) is 4.79 Å². The number of halogens is 2. The first-order valence-corrected chi connectivity index (χ1v) is 11.4. The second-order valence-electron chi connectivity index (χ2n) is 7.06. The fraction of sp³-hybridized carbons (Fsp3) is 0.391. The van der Waals surface area contributed by atoms with Crippen LogP contribution in [0.15, 0.2) is 30.3 Å². The first-order chi connectivity index (χ1) is 15.9. The van der Waals surface area contributed by atoms with Crippen LogP contribution in [0.5, 0.6) is 11.5 Å². The average Bonchev–Trinajstić information content (AvgIpc) is 2.79. The van der Waals surface area contributed by atoms with Crippen molar-refractivity contribution in [1.29, 1.82) is 0 Å². The molecule has 1 saturated heterocycles. The van der Waals surface area contributed by atoms with Crippen LogP contribution in [0.2, 0.25) is 10.0 Å². The van der Waals surface area contributed by atoms with E-state index in [1.54, 1.807) is 6.07 Å². The van der Waals surface area contributed by atoms with Gasteiger partial charge in [-0.05, 0) is 32.0 Å². The summed E-state index contributed by atoms with van der Waals surface area (Å²) in [5.74, 6) is -0.135. The smallest absolute Gasteiger partial charge is 0.338 e. The third-order valence-corrected chi connectivity index (χ3v) is 5.16. The normalized spacial score (nSPS) is 13.4. The van der Waals surface area contributed by atoms with Crippen molar-refractivity contribution in [3.63, 3.8) is 0 Å². The molecule has 0 atom stereocenters. The van der Waals surface area contributed by atoms with Crippen LogP contribution >= 0.6 is 23.2 Å². The number of nitrogens with one attached hydrogen (secondary N) is 1. The molecule has 0 aliphatic carbocycles. The van der Waals surface area contributed by atoms with E-state index < -0.39 is 18.5 Å². The molecule has 8 nitrogen and oxygen atoms in total. The van der Waals surface area contributed by atoms with Crippen molar-refractivity contribution in [3.05, 3.63) is 45.9 Å². The maximum absolute atomic E-state index is 12.5. The number of carbonyl (C=O) groups is 2. The largest absolute Gasteiger partial charge is 0.492 e. The van der Waals surface area contributed by atoms with E-state index in [9.17, 15) is 9.59 Å². The van der Waals surface area contributed by atoms with Crippen molar-refractivity contribution in [1.82, 2.24) is 0 Å². The highest BCUT2D eigenvalue weighted by molar-refractivity contribution is 6.35. The molecule has 178 valence electrons. The summed E-state index contributed by atoms with van der Waals surface area (Å²) in [5.41, 5.74) is 1.44. The monoisotopic (exact) mass is 496 g/mol.